The Balaban J connectivity index is 2.73. The molecule has 3 heteroatoms. The fourth-order valence-electron chi connectivity index (χ4n) is 1.28. The van der Waals surface area contributed by atoms with Crippen molar-refractivity contribution >= 4 is 5.82 Å². The number of nitrogens with zero attached hydrogens (tertiary/aromatic N) is 1. The van der Waals surface area contributed by atoms with Gasteiger partial charge in [-0.1, -0.05) is 6.07 Å². The summed E-state index contributed by atoms with van der Waals surface area (Å²) >= 11 is 0. The number of pyridine rings is 1. The first-order valence-electron chi connectivity index (χ1n) is 4.86. The van der Waals surface area contributed by atoms with Crippen LogP contribution in [-0.4, -0.2) is 22.2 Å². The van der Waals surface area contributed by atoms with Crippen LogP contribution in [0.5, 0.6) is 0 Å². The molecular weight excluding hydrogens is 176 g/mol. The molecule has 1 heterocycles. The van der Waals surface area contributed by atoms with Crippen molar-refractivity contribution in [3.8, 4) is 0 Å². The third-order valence-corrected chi connectivity index (χ3v) is 2.20. The lowest BCUT2D eigenvalue weighted by Gasteiger charge is -2.26. The molecule has 0 unspecified atom stereocenters. The summed E-state index contributed by atoms with van der Waals surface area (Å²) in [6.07, 6.45) is 2.48. The van der Waals surface area contributed by atoms with Crippen molar-refractivity contribution in [2.24, 2.45) is 0 Å². The van der Waals surface area contributed by atoms with Crippen LogP contribution < -0.4 is 5.32 Å². The van der Waals surface area contributed by atoms with E-state index in [-0.39, 0.29) is 12.1 Å². The van der Waals surface area contributed by atoms with Gasteiger partial charge < -0.3 is 10.4 Å². The van der Waals surface area contributed by atoms with Gasteiger partial charge in [-0.2, -0.15) is 0 Å². The van der Waals surface area contributed by atoms with Gasteiger partial charge in [-0.05, 0) is 38.8 Å². The van der Waals surface area contributed by atoms with Crippen molar-refractivity contribution in [1.82, 2.24) is 4.98 Å². The fraction of sp³-hybridized carbons (Fsp3) is 0.545. The Labute approximate surface area is 85.2 Å². The zero-order chi connectivity index (χ0) is 10.6. The Morgan fingerprint density at radius 3 is 2.79 bits per heavy atom. The van der Waals surface area contributed by atoms with Gasteiger partial charge in [0.1, 0.15) is 5.82 Å². The number of hydrogen-bond acceptors (Lipinski definition) is 3. The summed E-state index contributed by atoms with van der Waals surface area (Å²) in [7, 11) is 0. The Bertz CT molecular complexity index is 297. The van der Waals surface area contributed by atoms with Crippen molar-refractivity contribution in [3.05, 3.63) is 23.9 Å². The summed E-state index contributed by atoms with van der Waals surface area (Å²) < 4.78 is 0. The molecular formula is C11H18N2O. The van der Waals surface area contributed by atoms with Gasteiger partial charge in [0.2, 0.25) is 0 Å². The molecule has 14 heavy (non-hydrogen) atoms. The molecule has 3 nitrogen and oxygen atoms in total. The summed E-state index contributed by atoms with van der Waals surface area (Å²) in [6, 6.07) is 3.93. The largest absolute Gasteiger partial charge is 0.396 e. The van der Waals surface area contributed by atoms with Crippen molar-refractivity contribution < 1.29 is 5.11 Å². The first kappa shape index (κ1) is 11.0. The predicted octanol–water partition coefficient (Wildman–Crippen LogP) is 1.96. The van der Waals surface area contributed by atoms with Crippen LogP contribution in [0.15, 0.2) is 18.3 Å². The standard InChI is InChI=1S/C11H18N2O/c1-9-5-4-7-12-10(9)13-11(2,3)6-8-14/h4-5,7,14H,6,8H2,1-3H3,(H,12,13). The minimum atomic E-state index is -0.117. The molecule has 0 aliphatic carbocycles. The summed E-state index contributed by atoms with van der Waals surface area (Å²) in [5.74, 6) is 0.894. The van der Waals surface area contributed by atoms with E-state index in [0.717, 1.165) is 11.4 Å². The highest BCUT2D eigenvalue weighted by Gasteiger charge is 2.17. The number of aromatic nitrogens is 1. The lowest BCUT2D eigenvalue weighted by molar-refractivity contribution is 0.260. The van der Waals surface area contributed by atoms with Gasteiger partial charge in [-0.3, -0.25) is 0 Å². The van der Waals surface area contributed by atoms with Crippen LogP contribution in [0.4, 0.5) is 5.82 Å². The minimum absolute atomic E-state index is 0.117. The zero-order valence-electron chi connectivity index (χ0n) is 9.04. The Kier molecular flexibility index (Phi) is 3.47. The van der Waals surface area contributed by atoms with Gasteiger partial charge in [0.25, 0.3) is 0 Å². The number of hydrogen-bond donors (Lipinski definition) is 2. The monoisotopic (exact) mass is 194 g/mol. The van der Waals surface area contributed by atoms with Crippen LogP contribution in [0.1, 0.15) is 25.8 Å². The van der Waals surface area contributed by atoms with E-state index in [9.17, 15) is 0 Å². The SMILES string of the molecule is Cc1cccnc1NC(C)(C)CCO. The predicted molar refractivity (Wildman–Crippen MR) is 58.4 cm³/mol. The van der Waals surface area contributed by atoms with Gasteiger partial charge in [0.15, 0.2) is 0 Å². The molecule has 0 aromatic carbocycles. The average Bonchev–Trinajstić information content (AvgIpc) is 2.08. The average molecular weight is 194 g/mol. The van der Waals surface area contributed by atoms with Crippen LogP contribution in [0, 0.1) is 6.92 Å². The number of aliphatic hydroxyl groups excluding tert-OH is 1. The van der Waals surface area contributed by atoms with Crippen molar-refractivity contribution in [2.45, 2.75) is 32.7 Å². The maximum absolute atomic E-state index is 8.89. The number of aliphatic hydroxyl groups is 1. The normalized spacial score (nSPS) is 11.4. The molecule has 1 aromatic rings. The molecule has 0 radical (unpaired) electrons. The quantitative estimate of drug-likeness (QED) is 0.770. The Morgan fingerprint density at radius 2 is 2.21 bits per heavy atom. The summed E-state index contributed by atoms with van der Waals surface area (Å²) in [6.45, 7) is 6.31. The second-order valence-electron chi connectivity index (χ2n) is 4.15. The molecule has 0 bridgehead atoms. The van der Waals surface area contributed by atoms with Crippen LogP contribution in [0.25, 0.3) is 0 Å². The third-order valence-electron chi connectivity index (χ3n) is 2.20. The maximum atomic E-state index is 8.89. The molecule has 0 fully saturated rings. The summed E-state index contributed by atoms with van der Waals surface area (Å²) in [4.78, 5) is 4.25. The lowest BCUT2D eigenvalue weighted by atomic mass is 10.0. The molecule has 0 amide bonds. The van der Waals surface area contributed by atoms with Gasteiger partial charge >= 0.3 is 0 Å². The molecule has 2 N–H and O–H groups in total. The highest BCUT2D eigenvalue weighted by molar-refractivity contribution is 5.44. The first-order chi connectivity index (χ1) is 6.55. The van der Waals surface area contributed by atoms with Gasteiger partial charge in [-0.25, -0.2) is 4.98 Å². The number of aryl methyl sites for hydroxylation is 1. The molecule has 0 spiro atoms. The molecule has 0 saturated carbocycles. The highest BCUT2D eigenvalue weighted by Crippen LogP contribution is 2.18. The molecule has 1 rings (SSSR count). The summed E-state index contributed by atoms with van der Waals surface area (Å²) in [5, 5.41) is 12.2. The van der Waals surface area contributed by atoms with Crippen LogP contribution in [0.3, 0.4) is 0 Å². The molecule has 1 aromatic heterocycles. The fourth-order valence-corrected chi connectivity index (χ4v) is 1.28. The van der Waals surface area contributed by atoms with Crippen LogP contribution >= 0.6 is 0 Å². The second kappa shape index (κ2) is 4.42. The first-order valence-corrected chi connectivity index (χ1v) is 4.86. The van der Waals surface area contributed by atoms with Crippen LogP contribution in [0.2, 0.25) is 0 Å². The van der Waals surface area contributed by atoms with Gasteiger partial charge in [0.05, 0.1) is 0 Å². The maximum Gasteiger partial charge on any atom is 0.129 e. The van der Waals surface area contributed by atoms with Crippen molar-refractivity contribution in [3.63, 3.8) is 0 Å². The van der Waals surface area contributed by atoms with E-state index in [2.05, 4.69) is 24.1 Å². The zero-order valence-corrected chi connectivity index (χ0v) is 9.04. The molecule has 0 aliphatic heterocycles. The third kappa shape index (κ3) is 3.00. The van der Waals surface area contributed by atoms with E-state index in [1.165, 1.54) is 0 Å². The van der Waals surface area contributed by atoms with E-state index in [4.69, 9.17) is 5.11 Å². The number of rotatable bonds is 4. The van der Waals surface area contributed by atoms with Crippen LogP contribution in [-0.2, 0) is 0 Å². The number of nitrogens with one attached hydrogen (secondary N) is 1. The van der Waals surface area contributed by atoms with E-state index in [1.807, 2.05) is 19.1 Å². The van der Waals surface area contributed by atoms with E-state index >= 15 is 0 Å². The molecule has 0 atom stereocenters. The Morgan fingerprint density at radius 1 is 1.50 bits per heavy atom. The second-order valence-corrected chi connectivity index (χ2v) is 4.15. The summed E-state index contributed by atoms with van der Waals surface area (Å²) in [5.41, 5.74) is 1.01. The smallest absolute Gasteiger partial charge is 0.129 e. The van der Waals surface area contributed by atoms with Gasteiger partial charge in [-0.15, -0.1) is 0 Å². The van der Waals surface area contributed by atoms with E-state index < -0.39 is 0 Å². The minimum Gasteiger partial charge on any atom is -0.396 e. The molecule has 0 aliphatic rings. The molecule has 78 valence electrons. The van der Waals surface area contributed by atoms with Gasteiger partial charge in [0, 0.05) is 18.3 Å². The topological polar surface area (TPSA) is 45.2 Å². The Hall–Kier alpha value is -1.09. The van der Waals surface area contributed by atoms with Crippen molar-refractivity contribution in [2.75, 3.05) is 11.9 Å². The molecule has 0 saturated heterocycles. The van der Waals surface area contributed by atoms with Crippen molar-refractivity contribution in [1.29, 1.82) is 0 Å². The number of anilines is 1. The van der Waals surface area contributed by atoms with E-state index in [1.54, 1.807) is 6.20 Å². The highest BCUT2D eigenvalue weighted by atomic mass is 16.3. The lowest BCUT2D eigenvalue weighted by Crippen LogP contribution is -2.32. The van der Waals surface area contributed by atoms with E-state index in [0.29, 0.717) is 6.42 Å².